The molecular weight excluding hydrogens is 384 g/mol. The summed E-state index contributed by atoms with van der Waals surface area (Å²) < 4.78 is 17.1. The fourth-order valence-corrected chi connectivity index (χ4v) is 4.12. The number of benzene rings is 2. The smallest absolute Gasteiger partial charge is 0.229 e. The highest BCUT2D eigenvalue weighted by molar-refractivity contribution is 6.40. The maximum Gasteiger partial charge on any atom is 0.229 e. The molecule has 1 fully saturated rings. The molecule has 2 heterocycles. The van der Waals surface area contributed by atoms with Crippen molar-refractivity contribution in [1.82, 2.24) is 0 Å². The molecule has 158 valence electrons. The summed E-state index contributed by atoms with van der Waals surface area (Å²) in [6, 6.07) is 12.0. The average molecular weight is 410 g/mol. The Labute approximate surface area is 175 Å². The van der Waals surface area contributed by atoms with Crippen molar-refractivity contribution in [2.75, 3.05) is 19.8 Å². The van der Waals surface area contributed by atoms with Crippen LogP contribution in [0.25, 0.3) is 0 Å². The van der Waals surface area contributed by atoms with E-state index >= 15 is 0 Å². The number of carbonyl (C=O) groups excluding carboxylic acids is 2. The van der Waals surface area contributed by atoms with Crippen LogP contribution in [0, 0.1) is 5.92 Å². The van der Waals surface area contributed by atoms with Crippen LogP contribution < -0.4 is 9.47 Å². The van der Waals surface area contributed by atoms with Gasteiger partial charge in [0.25, 0.3) is 0 Å². The molecule has 0 saturated carbocycles. The molecule has 0 aliphatic carbocycles. The molecule has 2 aliphatic heterocycles. The van der Waals surface area contributed by atoms with Gasteiger partial charge in [-0.3, -0.25) is 9.59 Å². The summed E-state index contributed by atoms with van der Waals surface area (Å²) in [6.07, 6.45) is -0.0775. The van der Waals surface area contributed by atoms with E-state index in [4.69, 9.17) is 14.2 Å². The van der Waals surface area contributed by atoms with Crippen molar-refractivity contribution in [3.63, 3.8) is 0 Å². The number of aryl methyl sites for hydroxylation is 1. The van der Waals surface area contributed by atoms with Gasteiger partial charge in [-0.05, 0) is 47.2 Å². The van der Waals surface area contributed by atoms with Crippen molar-refractivity contribution in [3.05, 3.63) is 58.7 Å². The van der Waals surface area contributed by atoms with Gasteiger partial charge >= 0.3 is 0 Å². The van der Waals surface area contributed by atoms with Crippen molar-refractivity contribution in [2.24, 2.45) is 5.92 Å². The Morgan fingerprint density at radius 1 is 0.967 bits per heavy atom. The number of carbonyl (C=O) groups is 2. The van der Waals surface area contributed by atoms with Crippen LogP contribution >= 0.6 is 0 Å². The lowest BCUT2D eigenvalue weighted by Crippen LogP contribution is -2.45. The average Bonchev–Trinajstić information content (AvgIpc) is 2.77. The largest absolute Gasteiger partial charge is 0.486 e. The number of ketones is 2. The molecule has 1 N–H and O–H groups in total. The number of aliphatic hydroxyl groups is 1. The molecule has 0 amide bonds. The van der Waals surface area contributed by atoms with Gasteiger partial charge in [-0.25, -0.2) is 0 Å². The standard InChI is InChI=1S/C24H26O6/c1-3-16-5-6-17(24-14(2)22(26)23(27)21(13-25)30-24)12-18(16)10-15-4-7-19-20(11-15)29-9-8-28-19/h4-7,11-12,14,21,24-25H,3,8-10,13H2,1-2H3. The van der Waals surface area contributed by atoms with Crippen molar-refractivity contribution >= 4 is 11.6 Å². The number of rotatable bonds is 5. The van der Waals surface area contributed by atoms with Gasteiger partial charge in [0.1, 0.15) is 19.3 Å². The summed E-state index contributed by atoms with van der Waals surface area (Å²) in [5.41, 5.74) is 4.28. The van der Waals surface area contributed by atoms with E-state index in [9.17, 15) is 14.7 Å². The Hall–Kier alpha value is -2.70. The van der Waals surface area contributed by atoms with Crippen LogP contribution in [0.3, 0.4) is 0 Å². The van der Waals surface area contributed by atoms with Gasteiger partial charge in [0.05, 0.1) is 18.6 Å². The molecule has 0 radical (unpaired) electrons. The SMILES string of the molecule is CCc1ccc(C2OC(CO)C(=O)C(=O)C2C)cc1Cc1ccc2c(c1)OCCO2. The number of aliphatic hydroxyl groups excluding tert-OH is 1. The number of Topliss-reactive ketones (excluding diaryl/α,β-unsaturated/α-hetero) is 2. The first-order valence-electron chi connectivity index (χ1n) is 10.4. The highest BCUT2D eigenvalue weighted by atomic mass is 16.6. The lowest BCUT2D eigenvalue weighted by molar-refractivity contribution is -0.165. The van der Waals surface area contributed by atoms with Crippen LogP contribution in [0.1, 0.15) is 42.2 Å². The third kappa shape index (κ3) is 3.85. The first-order chi connectivity index (χ1) is 14.5. The van der Waals surface area contributed by atoms with Crippen molar-refractivity contribution in [1.29, 1.82) is 0 Å². The minimum absolute atomic E-state index is 0.488. The Kier molecular flexibility index (Phi) is 5.88. The second-order valence-corrected chi connectivity index (χ2v) is 7.78. The fourth-order valence-electron chi connectivity index (χ4n) is 4.12. The normalized spacial score (nSPS) is 23.5. The number of ether oxygens (including phenoxy) is 3. The minimum atomic E-state index is -1.09. The first kappa shape index (κ1) is 20.6. The van der Waals surface area contributed by atoms with Crippen molar-refractivity contribution in [3.8, 4) is 11.5 Å². The van der Waals surface area contributed by atoms with E-state index in [1.54, 1.807) is 6.92 Å². The lowest BCUT2D eigenvalue weighted by atomic mass is 9.85. The quantitative estimate of drug-likeness (QED) is 0.764. The zero-order valence-corrected chi connectivity index (χ0v) is 17.2. The van der Waals surface area contributed by atoms with E-state index in [2.05, 4.69) is 6.92 Å². The molecule has 0 spiro atoms. The fraction of sp³-hybridized carbons (Fsp3) is 0.417. The van der Waals surface area contributed by atoms with Gasteiger partial charge in [-0.2, -0.15) is 0 Å². The maximum atomic E-state index is 12.3. The molecule has 3 atom stereocenters. The highest BCUT2D eigenvalue weighted by Crippen LogP contribution is 2.35. The second-order valence-electron chi connectivity index (χ2n) is 7.78. The van der Waals surface area contributed by atoms with Crippen LogP contribution in [0.2, 0.25) is 0 Å². The molecule has 1 saturated heterocycles. The predicted octanol–water partition coefficient (Wildman–Crippen LogP) is 2.82. The van der Waals surface area contributed by atoms with E-state index < -0.39 is 36.3 Å². The Morgan fingerprint density at radius 3 is 2.47 bits per heavy atom. The van der Waals surface area contributed by atoms with Gasteiger partial charge in [0.2, 0.25) is 11.6 Å². The van der Waals surface area contributed by atoms with E-state index in [0.29, 0.717) is 19.6 Å². The zero-order valence-electron chi connectivity index (χ0n) is 17.2. The minimum Gasteiger partial charge on any atom is -0.486 e. The Bertz CT molecular complexity index is 966. The predicted molar refractivity (Wildman–Crippen MR) is 110 cm³/mol. The Morgan fingerprint density at radius 2 is 1.73 bits per heavy atom. The van der Waals surface area contributed by atoms with Gasteiger partial charge in [-0.1, -0.05) is 38.1 Å². The van der Waals surface area contributed by atoms with Crippen LogP contribution in [-0.4, -0.2) is 42.6 Å². The van der Waals surface area contributed by atoms with E-state index in [1.807, 2.05) is 36.4 Å². The third-order valence-corrected chi connectivity index (χ3v) is 5.82. The van der Waals surface area contributed by atoms with Crippen molar-refractivity contribution in [2.45, 2.75) is 38.9 Å². The summed E-state index contributed by atoms with van der Waals surface area (Å²) in [5, 5.41) is 9.44. The number of fused-ring (bicyclic) bond motifs is 1. The summed E-state index contributed by atoms with van der Waals surface area (Å²) >= 11 is 0. The van der Waals surface area contributed by atoms with E-state index in [0.717, 1.165) is 34.6 Å². The van der Waals surface area contributed by atoms with Crippen molar-refractivity contribution < 1.29 is 28.9 Å². The molecule has 2 aromatic rings. The monoisotopic (exact) mass is 410 g/mol. The molecule has 2 aliphatic rings. The van der Waals surface area contributed by atoms with Gasteiger partial charge in [0.15, 0.2) is 11.5 Å². The van der Waals surface area contributed by atoms with E-state index in [-0.39, 0.29) is 0 Å². The molecule has 3 unspecified atom stereocenters. The molecule has 6 heteroatoms. The van der Waals surface area contributed by atoms with Crippen LogP contribution in [0.5, 0.6) is 11.5 Å². The highest BCUT2D eigenvalue weighted by Gasteiger charge is 2.42. The first-order valence-corrected chi connectivity index (χ1v) is 10.4. The van der Waals surface area contributed by atoms with Gasteiger partial charge in [0, 0.05) is 0 Å². The number of hydrogen-bond acceptors (Lipinski definition) is 6. The second kappa shape index (κ2) is 8.58. The Balaban J connectivity index is 1.64. The summed E-state index contributed by atoms with van der Waals surface area (Å²) in [5.74, 6) is -0.208. The van der Waals surface area contributed by atoms with Crippen LogP contribution in [0.15, 0.2) is 36.4 Å². The summed E-state index contributed by atoms with van der Waals surface area (Å²) in [4.78, 5) is 24.4. The third-order valence-electron chi connectivity index (χ3n) is 5.82. The molecule has 4 rings (SSSR count). The maximum absolute atomic E-state index is 12.3. The van der Waals surface area contributed by atoms with Gasteiger partial charge in [-0.15, -0.1) is 0 Å². The number of hydrogen-bond donors (Lipinski definition) is 1. The molecule has 30 heavy (non-hydrogen) atoms. The molecular formula is C24H26O6. The lowest BCUT2D eigenvalue weighted by Gasteiger charge is -2.32. The van der Waals surface area contributed by atoms with Gasteiger partial charge < -0.3 is 19.3 Å². The molecule has 2 aromatic carbocycles. The molecule has 6 nitrogen and oxygen atoms in total. The summed E-state index contributed by atoms with van der Waals surface area (Å²) in [6.45, 7) is 4.41. The molecule has 0 bridgehead atoms. The summed E-state index contributed by atoms with van der Waals surface area (Å²) in [7, 11) is 0. The molecule has 0 aromatic heterocycles. The van der Waals surface area contributed by atoms with Crippen LogP contribution in [-0.2, 0) is 27.2 Å². The topological polar surface area (TPSA) is 82.1 Å². The van der Waals surface area contributed by atoms with E-state index in [1.165, 1.54) is 5.56 Å². The van der Waals surface area contributed by atoms with Crippen LogP contribution in [0.4, 0.5) is 0 Å². The zero-order chi connectivity index (χ0) is 21.3.